The van der Waals surface area contributed by atoms with Gasteiger partial charge in [-0.25, -0.2) is 0 Å². The summed E-state index contributed by atoms with van der Waals surface area (Å²) in [5.74, 6) is -1.000. The van der Waals surface area contributed by atoms with Crippen molar-refractivity contribution in [3.05, 3.63) is 65.2 Å². The molecule has 0 saturated carbocycles. The van der Waals surface area contributed by atoms with E-state index in [4.69, 9.17) is 4.55 Å². The predicted octanol–water partition coefficient (Wildman–Crippen LogP) is 3.61. The molecule has 1 fully saturated rings. The van der Waals surface area contributed by atoms with Gasteiger partial charge in [0.25, 0.3) is 10.1 Å². The van der Waals surface area contributed by atoms with Crippen LogP contribution < -0.4 is 4.74 Å². The van der Waals surface area contributed by atoms with Crippen LogP contribution >= 0.6 is 0 Å². The molecule has 7 nitrogen and oxygen atoms in total. The molecule has 0 spiro atoms. The second kappa shape index (κ2) is 10.0. The number of carbonyl (C=O) groups excluding carboxylic acids is 1. The quantitative estimate of drug-likeness (QED) is 0.421. The largest absolute Gasteiger partial charge is 0.573 e. The summed E-state index contributed by atoms with van der Waals surface area (Å²) >= 11 is 0. The number of aliphatic hydroxyl groups is 1. The van der Waals surface area contributed by atoms with E-state index in [1.54, 1.807) is 6.92 Å². The minimum absolute atomic E-state index is 0.149. The zero-order valence-corrected chi connectivity index (χ0v) is 19.3. The van der Waals surface area contributed by atoms with E-state index in [1.807, 2.05) is 4.90 Å². The lowest BCUT2D eigenvalue weighted by Crippen LogP contribution is -2.50. The fourth-order valence-electron chi connectivity index (χ4n) is 4.08. The van der Waals surface area contributed by atoms with E-state index in [-0.39, 0.29) is 18.0 Å². The van der Waals surface area contributed by atoms with Gasteiger partial charge in [-0.15, -0.1) is 13.2 Å². The zero-order chi connectivity index (χ0) is 25.1. The highest BCUT2D eigenvalue weighted by molar-refractivity contribution is 7.85. The van der Waals surface area contributed by atoms with E-state index >= 15 is 0 Å². The number of ether oxygens (including phenoxy) is 1. The van der Waals surface area contributed by atoms with Crippen molar-refractivity contribution in [2.24, 2.45) is 0 Å². The van der Waals surface area contributed by atoms with Crippen LogP contribution in [0.25, 0.3) is 0 Å². The smallest absolute Gasteiger partial charge is 0.406 e. The van der Waals surface area contributed by atoms with Crippen molar-refractivity contribution in [3.63, 3.8) is 0 Å². The lowest BCUT2D eigenvalue weighted by molar-refractivity contribution is -0.274. The van der Waals surface area contributed by atoms with Crippen LogP contribution in [0.15, 0.2) is 48.5 Å². The Morgan fingerprint density at radius 2 is 1.59 bits per heavy atom. The van der Waals surface area contributed by atoms with Gasteiger partial charge < -0.3 is 9.84 Å². The molecule has 1 aliphatic heterocycles. The lowest BCUT2D eigenvalue weighted by Gasteiger charge is -2.40. The second-order valence-corrected chi connectivity index (χ2v) is 10.0. The van der Waals surface area contributed by atoms with Crippen LogP contribution in [-0.4, -0.2) is 59.9 Å². The Morgan fingerprint density at radius 1 is 1.06 bits per heavy atom. The standard InChI is InChI=1S/C23H26F3NO6S/c1-16(21(28)19-6-2-18(3-7-19)15-34(30,31)32)27-12-10-22(29,11-13-27)14-17-4-8-20(9-5-17)33-23(24,25)26/h2-9,16,29H,10-15H2,1H3,(H,30,31,32). The average Bonchev–Trinajstić information content (AvgIpc) is 2.73. The number of piperidine rings is 1. The van der Waals surface area contributed by atoms with Crippen LogP contribution in [0.2, 0.25) is 0 Å². The first kappa shape index (κ1) is 26.1. The Hall–Kier alpha value is -2.47. The molecule has 0 amide bonds. The molecule has 1 atom stereocenters. The molecular formula is C23H26F3NO6S. The summed E-state index contributed by atoms with van der Waals surface area (Å²) < 4.78 is 71.6. The number of hydrogen-bond donors (Lipinski definition) is 2. The number of benzene rings is 2. The van der Waals surface area contributed by atoms with E-state index in [0.29, 0.717) is 42.6 Å². The van der Waals surface area contributed by atoms with Gasteiger partial charge in [0.15, 0.2) is 5.78 Å². The molecule has 3 rings (SSSR count). The van der Waals surface area contributed by atoms with Crippen molar-refractivity contribution in [2.45, 2.75) is 49.9 Å². The molecule has 1 heterocycles. The summed E-state index contributed by atoms with van der Waals surface area (Å²) in [6.07, 6.45) is -3.72. The van der Waals surface area contributed by atoms with Crippen molar-refractivity contribution < 1.29 is 40.8 Å². The topological polar surface area (TPSA) is 104 Å². The number of rotatable bonds is 8. The number of Topliss-reactive ketones (excluding diaryl/α,β-unsaturated/α-hetero) is 1. The van der Waals surface area contributed by atoms with Crippen LogP contribution in [-0.2, 0) is 22.3 Å². The summed E-state index contributed by atoms with van der Waals surface area (Å²) in [6.45, 7) is 2.68. The first-order chi connectivity index (χ1) is 15.7. The van der Waals surface area contributed by atoms with Crippen molar-refractivity contribution in [1.82, 2.24) is 4.90 Å². The summed E-state index contributed by atoms with van der Waals surface area (Å²) in [5.41, 5.74) is 0.421. The second-order valence-electron chi connectivity index (χ2n) is 8.59. The number of nitrogens with zero attached hydrogens (tertiary/aromatic N) is 1. The molecule has 11 heteroatoms. The van der Waals surface area contributed by atoms with Crippen LogP contribution in [0, 0.1) is 0 Å². The van der Waals surface area contributed by atoms with Gasteiger partial charge in [0.05, 0.1) is 11.6 Å². The van der Waals surface area contributed by atoms with Crippen LogP contribution in [0.4, 0.5) is 13.2 Å². The van der Waals surface area contributed by atoms with Gasteiger partial charge in [0.2, 0.25) is 0 Å². The summed E-state index contributed by atoms with van der Waals surface area (Å²) in [7, 11) is -4.16. The molecule has 2 aromatic carbocycles. The maximum absolute atomic E-state index is 12.9. The fourth-order valence-corrected chi connectivity index (χ4v) is 4.69. The Balaban J connectivity index is 1.55. The van der Waals surface area contributed by atoms with E-state index in [1.165, 1.54) is 48.5 Å². The number of halogens is 3. The number of likely N-dealkylation sites (tertiary alicyclic amines) is 1. The van der Waals surface area contributed by atoms with E-state index in [0.717, 1.165) is 0 Å². The molecule has 2 aromatic rings. The van der Waals surface area contributed by atoms with Crippen molar-refractivity contribution in [1.29, 1.82) is 0 Å². The Labute approximate surface area is 195 Å². The third-order valence-electron chi connectivity index (χ3n) is 5.93. The average molecular weight is 502 g/mol. The van der Waals surface area contributed by atoms with Gasteiger partial charge in [-0.05, 0) is 43.0 Å². The van der Waals surface area contributed by atoms with Gasteiger partial charge in [0.1, 0.15) is 11.5 Å². The number of hydrogen-bond acceptors (Lipinski definition) is 6. The molecule has 186 valence electrons. The minimum Gasteiger partial charge on any atom is -0.406 e. The van der Waals surface area contributed by atoms with E-state index < -0.39 is 33.9 Å². The monoisotopic (exact) mass is 501 g/mol. The molecule has 1 unspecified atom stereocenters. The molecule has 0 bridgehead atoms. The summed E-state index contributed by atoms with van der Waals surface area (Å²) in [5, 5.41) is 11.0. The van der Waals surface area contributed by atoms with Crippen molar-refractivity contribution >= 4 is 15.9 Å². The van der Waals surface area contributed by atoms with E-state index in [2.05, 4.69) is 4.74 Å². The van der Waals surface area contributed by atoms with Gasteiger partial charge in [-0.1, -0.05) is 36.4 Å². The normalized spacial score (nSPS) is 17.8. The van der Waals surface area contributed by atoms with Crippen LogP contribution in [0.3, 0.4) is 0 Å². The van der Waals surface area contributed by atoms with Gasteiger partial charge >= 0.3 is 6.36 Å². The highest BCUT2D eigenvalue weighted by Crippen LogP contribution is 2.29. The third kappa shape index (κ3) is 7.52. The zero-order valence-electron chi connectivity index (χ0n) is 18.5. The Morgan fingerprint density at radius 3 is 2.09 bits per heavy atom. The van der Waals surface area contributed by atoms with Crippen molar-refractivity contribution in [2.75, 3.05) is 13.1 Å². The summed E-state index contributed by atoms with van der Waals surface area (Å²) in [4.78, 5) is 14.8. The highest BCUT2D eigenvalue weighted by atomic mass is 32.2. The van der Waals surface area contributed by atoms with E-state index in [9.17, 15) is 31.5 Å². The van der Waals surface area contributed by atoms with Gasteiger partial charge in [0, 0.05) is 25.1 Å². The Bertz CT molecular complexity index is 1090. The molecule has 0 aliphatic carbocycles. The van der Waals surface area contributed by atoms with Crippen molar-refractivity contribution in [3.8, 4) is 5.75 Å². The Kier molecular flexibility index (Phi) is 7.71. The molecule has 0 radical (unpaired) electrons. The maximum atomic E-state index is 12.9. The van der Waals surface area contributed by atoms with Crippen LogP contribution in [0.1, 0.15) is 41.3 Å². The molecule has 1 saturated heterocycles. The molecule has 34 heavy (non-hydrogen) atoms. The third-order valence-corrected chi connectivity index (χ3v) is 6.63. The molecular weight excluding hydrogens is 475 g/mol. The van der Waals surface area contributed by atoms with Gasteiger partial charge in [-0.2, -0.15) is 8.42 Å². The maximum Gasteiger partial charge on any atom is 0.573 e. The highest BCUT2D eigenvalue weighted by Gasteiger charge is 2.36. The molecule has 0 aromatic heterocycles. The first-order valence-electron chi connectivity index (χ1n) is 10.6. The SMILES string of the molecule is CC(C(=O)c1ccc(CS(=O)(=O)O)cc1)N1CCC(O)(Cc2ccc(OC(F)(F)F)cc2)CC1. The molecule has 2 N–H and O–H groups in total. The minimum atomic E-state index is -4.76. The van der Waals surface area contributed by atoms with Crippen LogP contribution in [0.5, 0.6) is 5.75 Å². The number of carbonyl (C=O) groups is 1. The fraction of sp³-hybridized carbons (Fsp3) is 0.435. The molecule has 1 aliphatic rings. The number of alkyl halides is 3. The lowest BCUT2D eigenvalue weighted by atomic mass is 9.84. The summed E-state index contributed by atoms with van der Waals surface area (Å²) in [6, 6.07) is 10.9. The van der Waals surface area contributed by atoms with Gasteiger partial charge in [-0.3, -0.25) is 14.2 Å². The number of ketones is 1. The predicted molar refractivity (Wildman–Crippen MR) is 118 cm³/mol. The first-order valence-corrected chi connectivity index (χ1v) is 12.2.